The highest BCUT2D eigenvalue weighted by atomic mass is 16.5. The average molecular weight is 542 g/mol. The topological polar surface area (TPSA) is 47.4 Å². The van der Waals surface area contributed by atoms with Gasteiger partial charge >= 0.3 is 0 Å². The van der Waals surface area contributed by atoms with E-state index in [0.717, 1.165) is 61.3 Å². The number of nitrogens with zero attached hydrogens (tertiary/aromatic N) is 3. The number of anilines is 1. The number of aromatic nitrogens is 2. The van der Waals surface area contributed by atoms with Crippen LogP contribution in [0.5, 0.6) is 5.75 Å². The summed E-state index contributed by atoms with van der Waals surface area (Å²) in [6.45, 7) is 8.28. The van der Waals surface area contributed by atoms with Crippen molar-refractivity contribution in [3.63, 3.8) is 0 Å². The van der Waals surface area contributed by atoms with E-state index in [1.54, 1.807) is 7.11 Å². The Labute approximate surface area is 240 Å². The molecule has 3 aromatic rings. The standard InChI is InChI=1S/C35H47N3O2/c1-25(2)22-37-24-32(21-36-37)30-11-8-12-33(20-30)38(35(39)29-9-6-5-7-10-29)23-27-13-15-28(16-14-27)31-17-18-34(40-4)26(3)19-31/h8,11-12,17-21,24-25,27-29H,5-7,9-10,13-16,22-23H2,1-4H3. The molecule has 0 aliphatic heterocycles. The molecule has 1 aromatic heterocycles. The van der Waals surface area contributed by atoms with Crippen LogP contribution >= 0.6 is 0 Å². The van der Waals surface area contributed by atoms with E-state index in [4.69, 9.17) is 4.74 Å². The number of hydrogen-bond acceptors (Lipinski definition) is 3. The fourth-order valence-electron chi connectivity index (χ4n) is 6.82. The van der Waals surface area contributed by atoms with Crippen molar-refractivity contribution >= 4 is 11.6 Å². The Kier molecular flexibility index (Phi) is 9.29. The zero-order valence-corrected chi connectivity index (χ0v) is 24.9. The number of methoxy groups -OCH3 is 1. The molecule has 0 spiro atoms. The van der Waals surface area contributed by atoms with Crippen LogP contribution in [-0.2, 0) is 11.3 Å². The Morgan fingerprint density at radius 2 is 1.77 bits per heavy atom. The molecule has 1 amide bonds. The molecule has 0 unspecified atom stereocenters. The Morgan fingerprint density at radius 3 is 2.48 bits per heavy atom. The summed E-state index contributed by atoms with van der Waals surface area (Å²) in [5.74, 6) is 3.12. The van der Waals surface area contributed by atoms with E-state index in [0.29, 0.717) is 23.7 Å². The Balaban J connectivity index is 1.32. The molecule has 2 fully saturated rings. The second-order valence-electron chi connectivity index (χ2n) is 12.6. The zero-order valence-electron chi connectivity index (χ0n) is 24.9. The number of carbonyl (C=O) groups is 1. The van der Waals surface area contributed by atoms with Crippen molar-refractivity contribution in [3.05, 3.63) is 66.0 Å². The Morgan fingerprint density at radius 1 is 1.00 bits per heavy atom. The molecular weight excluding hydrogens is 494 g/mol. The van der Waals surface area contributed by atoms with Crippen LogP contribution in [0.2, 0.25) is 0 Å². The number of rotatable bonds is 9. The van der Waals surface area contributed by atoms with Crippen molar-refractivity contribution < 1.29 is 9.53 Å². The molecule has 5 rings (SSSR count). The largest absolute Gasteiger partial charge is 0.496 e. The highest BCUT2D eigenvalue weighted by molar-refractivity contribution is 5.95. The van der Waals surface area contributed by atoms with E-state index in [9.17, 15) is 4.79 Å². The summed E-state index contributed by atoms with van der Waals surface area (Å²) in [5, 5.41) is 4.59. The lowest BCUT2D eigenvalue weighted by molar-refractivity contribution is -0.123. The molecule has 40 heavy (non-hydrogen) atoms. The molecule has 5 heteroatoms. The van der Waals surface area contributed by atoms with E-state index in [1.807, 2.05) is 10.9 Å². The minimum absolute atomic E-state index is 0.157. The van der Waals surface area contributed by atoms with Gasteiger partial charge in [0.1, 0.15) is 5.75 Å². The molecule has 2 aliphatic carbocycles. The quantitative estimate of drug-likeness (QED) is 0.273. The molecule has 214 valence electrons. The molecule has 5 nitrogen and oxygen atoms in total. The molecule has 1 heterocycles. The van der Waals surface area contributed by atoms with E-state index < -0.39 is 0 Å². The van der Waals surface area contributed by atoms with E-state index in [-0.39, 0.29) is 5.92 Å². The molecule has 2 aromatic carbocycles. The van der Waals surface area contributed by atoms with Crippen LogP contribution in [0.25, 0.3) is 11.1 Å². The van der Waals surface area contributed by atoms with Gasteiger partial charge in [0.15, 0.2) is 0 Å². The van der Waals surface area contributed by atoms with Gasteiger partial charge < -0.3 is 9.64 Å². The van der Waals surface area contributed by atoms with Gasteiger partial charge in [0.2, 0.25) is 5.91 Å². The summed E-state index contributed by atoms with van der Waals surface area (Å²) in [7, 11) is 1.74. The van der Waals surface area contributed by atoms with Crippen molar-refractivity contribution in [2.75, 3.05) is 18.6 Å². The summed E-state index contributed by atoms with van der Waals surface area (Å²) in [6.07, 6.45) is 14.4. The van der Waals surface area contributed by atoms with E-state index >= 15 is 0 Å². The molecule has 0 atom stereocenters. The molecule has 0 saturated heterocycles. The number of aryl methyl sites for hydroxylation is 1. The normalized spacial score (nSPS) is 20.0. The molecule has 0 bridgehead atoms. The minimum atomic E-state index is 0.157. The van der Waals surface area contributed by atoms with Gasteiger partial charge in [0.25, 0.3) is 0 Å². The average Bonchev–Trinajstić information content (AvgIpc) is 3.44. The second-order valence-corrected chi connectivity index (χ2v) is 12.6. The predicted octanol–water partition coefficient (Wildman–Crippen LogP) is 8.41. The number of ether oxygens (including phenoxy) is 1. The van der Waals surface area contributed by atoms with Crippen LogP contribution in [0.15, 0.2) is 54.9 Å². The predicted molar refractivity (Wildman–Crippen MR) is 164 cm³/mol. The highest BCUT2D eigenvalue weighted by Crippen LogP contribution is 2.39. The summed E-state index contributed by atoms with van der Waals surface area (Å²) in [6, 6.07) is 15.3. The van der Waals surface area contributed by atoms with Crippen LogP contribution in [0.3, 0.4) is 0 Å². The summed E-state index contributed by atoms with van der Waals surface area (Å²) in [5.41, 5.74) is 5.92. The number of carbonyl (C=O) groups excluding carboxylic acids is 1. The molecule has 2 aliphatic rings. The Bertz CT molecular complexity index is 1270. The van der Waals surface area contributed by atoms with Crippen molar-refractivity contribution in [1.29, 1.82) is 0 Å². The van der Waals surface area contributed by atoms with Gasteiger partial charge in [0.05, 0.1) is 13.3 Å². The van der Waals surface area contributed by atoms with Gasteiger partial charge in [-0.1, -0.05) is 57.4 Å². The maximum absolute atomic E-state index is 14.0. The van der Waals surface area contributed by atoms with E-state index in [1.165, 1.54) is 43.2 Å². The van der Waals surface area contributed by atoms with Gasteiger partial charge in [0, 0.05) is 36.5 Å². The summed E-state index contributed by atoms with van der Waals surface area (Å²) < 4.78 is 7.50. The van der Waals surface area contributed by atoms with Gasteiger partial charge in [-0.25, -0.2) is 0 Å². The maximum Gasteiger partial charge on any atom is 0.230 e. The lowest BCUT2D eigenvalue weighted by Gasteiger charge is -2.35. The SMILES string of the molecule is COc1ccc(C2CCC(CN(C(=O)C3CCCCC3)c3cccc(-c4cnn(CC(C)C)c4)c3)CC2)cc1C. The first-order valence-electron chi connectivity index (χ1n) is 15.5. The Hall–Kier alpha value is -3.08. The van der Waals surface area contributed by atoms with Gasteiger partial charge in [-0.2, -0.15) is 5.10 Å². The van der Waals surface area contributed by atoms with Crippen LogP contribution in [0.4, 0.5) is 5.69 Å². The maximum atomic E-state index is 14.0. The van der Waals surface area contributed by atoms with Gasteiger partial charge in [-0.3, -0.25) is 9.48 Å². The van der Waals surface area contributed by atoms with Crippen molar-refractivity contribution in [3.8, 4) is 16.9 Å². The van der Waals surface area contributed by atoms with Crippen molar-refractivity contribution in [1.82, 2.24) is 9.78 Å². The third-order valence-corrected chi connectivity index (χ3v) is 9.07. The van der Waals surface area contributed by atoms with Crippen LogP contribution in [0.1, 0.15) is 88.7 Å². The van der Waals surface area contributed by atoms with Gasteiger partial charge in [-0.15, -0.1) is 0 Å². The third kappa shape index (κ3) is 6.79. The molecule has 0 radical (unpaired) electrons. The summed E-state index contributed by atoms with van der Waals surface area (Å²) in [4.78, 5) is 16.2. The first kappa shape index (κ1) is 28.4. The number of hydrogen-bond donors (Lipinski definition) is 0. The first-order valence-corrected chi connectivity index (χ1v) is 15.5. The van der Waals surface area contributed by atoms with E-state index in [2.05, 4.69) is 79.4 Å². The van der Waals surface area contributed by atoms with Crippen LogP contribution in [-0.4, -0.2) is 29.3 Å². The lowest BCUT2D eigenvalue weighted by Crippen LogP contribution is -2.41. The second kappa shape index (κ2) is 13.1. The summed E-state index contributed by atoms with van der Waals surface area (Å²) >= 11 is 0. The smallest absolute Gasteiger partial charge is 0.230 e. The highest BCUT2D eigenvalue weighted by Gasteiger charge is 2.31. The zero-order chi connectivity index (χ0) is 28.1. The molecular formula is C35H47N3O2. The third-order valence-electron chi connectivity index (χ3n) is 9.07. The fourth-order valence-corrected chi connectivity index (χ4v) is 6.82. The number of amides is 1. The monoisotopic (exact) mass is 541 g/mol. The first-order chi connectivity index (χ1) is 19.4. The van der Waals surface area contributed by atoms with Crippen LogP contribution in [0, 0.1) is 24.7 Å². The lowest BCUT2D eigenvalue weighted by atomic mass is 9.78. The van der Waals surface area contributed by atoms with Crippen LogP contribution < -0.4 is 9.64 Å². The fraction of sp³-hybridized carbons (Fsp3) is 0.543. The minimum Gasteiger partial charge on any atom is -0.496 e. The number of benzene rings is 2. The molecule has 2 saturated carbocycles. The molecule has 0 N–H and O–H groups in total. The van der Waals surface area contributed by atoms with Gasteiger partial charge in [-0.05, 0) is 98.1 Å². The van der Waals surface area contributed by atoms with Crippen molar-refractivity contribution in [2.45, 2.75) is 91.0 Å². The van der Waals surface area contributed by atoms with Crippen molar-refractivity contribution in [2.24, 2.45) is 17.8 Å².